The number of pyridine rings is 1. The fourth-order valence-electron chi connectivity index (χ4n) is 1.30. The van der Waals surface area contributed by atoms with Crippen molar-refractivity contribution in [1.82, 2.24) is 19.7 Å². The van der Waals surface area contributed by atoms with Crippen LogP contribution in [0.4, 0.5) is 0 Å². The van der Waals surface area contributed by atoms with Gasteiger partial charge in [0.15, 0.2) is 0 Å². The Morgan fingerprint density at radius 2 is 1.94 bits per heavy atom. The zero-order valence-electron chi connectivity index (χ0n) is 8.51. The second-order valence-electron chi connectivity index (χ2n) is 3.30. The third-order valence-electron chi connectivity index (χ3n) is 2.15. The van der Waals surface area contributed by atoms with E-state index in [4.69, 9.17) is 5.11 Å². The van der Waals surface area contributed by atoms with Gasteiger partial charge in [-0.15, -0.1) is 0 Å². The minimum atomic E-state index is -1.13. The van der Waals surface area contributed by atoms with Crippen LogP contribution in [0, 0.1) is 0 Å². The molecule has 0 aliphatic rings. The van der Waals surface area contributed by atoms with E-state index in [9.17, 15) is 14.4 Å². The first-order valence-corrected chi connectivity index (χ1v) is 4.63. The van der Waals surface area contributed by atoms with E-state index >= 15 is 0 Å². The molecule has 0 atom stereocenters. The van der Waals surface area contributed by atoms with Crippen molar-refractivity contribution in [2.75, 3.05) is 0 Å². The molecule has 0 radical (unpaired) electrons. The van der Waals surface area contributed by atoms with Crippen molar-refractivity contribution in [3.05, 3.63) is 50.6 Å². The number of hydrogen-bond donors (Lipinski definition) is 3. The fraction of sp³-hybridized carbons (Fsp3) is 0.111. The maximum absolute atomic E-state index is 11.2. The van der Waals surface area contributed by atoms with Crippen LogP contribution in [-0.2, 0) is 6.54 Å². The standard InChI is InChI=1S/C9H8N4O4/c14-7(15)6-2-1-5(3-10-6)4-13-8(16)11-12-9(13)17/h1-3H,4H2,(H,11,16)(H,12,17)(H,14,15). The molecule has 0 amide bonds. The van der Waals surface area contributed by atoms with Crippen molar-refractivity contribution < 1.29 is 9.90 Å². The van der Waals surface area contributed by atoms with Crippen LogP contribution in [0.3, 0.4) is 0 Å². The number of H-pyrrole nitrogens is 2. The van der Waals surface area contributed by atoms with Gasteiger partial charge < -0.3 is 5.11 Å². The SMILES string of the molecule is O=C(O)c1ccc(Cn2c(=O)[nH][nH]c2=O)cn1. The van der Waals surface area contributed by atoms with E-state index in [-0.39, 0.29) is 12.2 Å². The second kappa shape index (κ2) is 4.08. The van der Waals surface area contributed by atoms with Crippen molar-refractivity contribution in [3.8, 4) is 0 Å². The largest absolute Gasteiger partial charge is 0.477 e. The highest BCUT2D eigenvalue weighted by Gasteiger charge is 2.06. The predicted molar refractivity (Wildman–Crippen MR) is 56.0 cm³/mol. The summed E-state index contributed by atoms with van der Waals surface area (Å²) in [7, 11) is 0. The molecule has 2 aromatic heterocycles. The lowest BCUT2D eigenvalue weighted by Gasteiger charge is -2.00. The van der Waals surface area contributed by atoms with Gasteiger partial charge in [0.1, 0.15) is 5.69 Å². The number of rotatable bonds is 3. The van der Waals surface area contributed by atoms with Crippen LogP contribution in [0.15, 0.2) is 27.9 Å². The normalized spacial score (nSPS) is 10.4. The van der Waals surface area contributed by atoms with Gasteiger partial charge >= 0.3 is 17.3 Å². The molecule has 3 N–H and O–H groups in total. The molecule has 17 heavy (non-hydrogen) atoms. The van der Waals surface area contributed by atoms with E-state index in [1.54, 1.807) is 0 Å². The molecule has 2 rings (SSSR count). The highest BCUT2D eigenvalue weighted by molar-refractivity contribution is 5.85. The summed E-state index contributed by atoms with van der Waals surface area (Å²) in [5.74, 6) is -1.13. The summed E-state index contributed by atoms with van der Waals surface area (Å²) >= 11 is 0. The van der Waals surface area contributed by atoms with Gasteiger partial charge in [-0.25, -0.2) is 34.1 Å². The van der Waals surface area contributed by atoms with Gasteiger partial charge in [-0.2, -0.15) is 0 Å². The van der Waals surface area contributed by atoms with Crippen LogP contribution in [-0.4, -0.2) is 30.8 Å². The van der Waals surface area contributed by atoms with Crippen LogP contribution >= 0.6 is 0 Å². The van der Waals surface area contributed by atoms with Gasteiger partial charge in [0.25, 0.3) is 0 Å². The van der Waals surface area contributed by atoms with Crippen LogP contribution in [0.5, 0.6) is 0 Å². The lowest BCUT2D eigenvalue weighted by atomic mass is 10.2. The number of hydrogen-bond acceptors (Lipinski definition) is 4. The molecule has 0 bridgehead atoms. The Kier molecular flexibility index (Phi) is 2.61. The molecule has 0 aliphatic carbocycles. The van der Waals surface area contributed by atoms with Crippen molar-refractivity contribution in [3.63, 3.8) is 0 Å². The quantitative estimate of drug-likeness (QED) is 0.631. The van der Waals surface area contributed by atoms with E-state index < -0.39 is 17.3 Å². The molecule has 0 saturated carbocycles. The van der Waals surface area contributed by atoms with Crippen molar-refractivity contribution in [1.29, 1.82) is 0 Å². The summed E-state index contributed by atoms with van der Waals surface area (Å²) in [6, 6.07) is 2.80. The van der Waals surface area contributed by atoms with Gasteiger partial charge in [-0.1, -0.05) is 6.07 Å². The first kappa shape index (κ1) is 10.9. The van der Waals surface area contributed by atoms with Crippen molar-refractivity contribution in [2.45, 2.75) is 6.54 Å². The molecule has 8 heteroatoms. The maximum atomic E-state index is 11.2. The zero-order valence-corrected chi connectivity index (χ0v) is 8.51. The topological polar surface area (TPSA) is 121 Å². The molecule has 8 nitrogen and oxygen atoms in total. The van der Waals surface area contributed by atoms with Crippen molar-refractivity contribution >= 4 is 5.97 Å². The molecular formula is C9H8N4O4. The molecule has 2 heterocycles. The van der Waals surface area contributed by atoms with Crippen LogP contribution < -0.4 is 11.4 Å². The smallest absolute Gasteiger partial charge is 0.354 e. The number of aromatic nitrogens is 4. The van der Waals surface area contributed by atoms with Crippen molar-refractivity contribution in [2.24, 2.45) is 0 Å². The number of carboxylic acid groups (broad SMARTS) is 1. The minimum Gasteiger partial charge on any atom is -0.477 e. The average Bonchev–Trinajstić information content (AvgIpc) is 2.61. The lowest BCUT2D eigenvalue weighted by molar-refractivity contribution is 0.0690. The van der Waals surface area contributed by atoms with E-state index in [0.29, 0.717) is 5.56 Å². The Balaban J connectivity index is 2.28. The third-order valence-corrected chi connectivity index (χ3v) is 2.15. The summed E-state index contributed by atoms with van der Waals surface area (Å²) in [5, 5.41) is 12.9. The van der Waals surface area contributed by atoms with Crippen LogP contribution in [0.2, 0.25) is 0 Å². The van der Waals surface area contributed by atoms with E-state index in [2.05, 4.69) is 15.2 Å². The molecule has 2 aromatic rings. The second-order valence-corrected chi connectivity index (χ2v) is 3.30. The van der Waals surface area contributed by atoms with Gasteiger partial charge in [0.05, 0.1) is 6.54 Å². The first-order chi connectivity index (χ1) is 8.08. The van der Waals surface area contributed by atoms with Gasteiger partial charge in [-0.3, -0.25) is 0 Å². The molecule has 88 valence electrons. The highest BCUT2D eigenvalue weighted by Crippen LogP contribution is 2.00. The summed E-state index contributed by atoms with van der Waals surface area (Å²) in [5.41, 5.74) is -0.652. The van der Waals surface area contributed by atoms with E-state index in [0.717, 1.165) is 4.57 Å². The highest BCUT2D eigenvalue weighted by atomic mass is 16.4. The molecule has 0 fully saturated rings. The molecule has 0 unspecified atom stereocenters. The third kappa shape index (κ3) is 2.14. The molecule has 0 aliphatic heterocycles. The predicted octanol–water partition coefficient (Wildman–Crippen LogP) is -0.994. The number of nitrogens with zero attached hydrogens (tertiary/aromatic N) is 2. The zero-order chi connectivity index (χ0) is 12.4. The Morgan fingerprint density at radius 3 is 2.41 bits per heavy atom. The number of aromatic amines is 2. The van der Waals surface area contributed by atoms with Gasteiger partial charge in [-0.05, 0) is 11.6 Å². The number of nitrogens with one attached hydrogen (secondary N) is 2. The minimum absolute atomic E-state index is 0.0323. The first-order valence-electron chi connectivity index (χ1n) is 4.63. The Bertz CT molecular complexity index is 621. The molecule has 0 spiro atoms. The average molecular weight is 236 g/mol. The fourth-order valence-corrected chi connectivity index (χ4v) is 1.30. The summed E-state index contributed by atoms with van der Waals surface area (Å²) < 4.78 is 0.942. The van der Waals surface area contributed by atoms with Gasteiger partial charge in [0, 0.05) is 6.20 Å². The maximum Gasteiger partial charge on any atom is 0.354 e. The van der Waals surface area contributed by atoms with E-state index in [1.807, 2.05) is 0 Å². The summed E-state index contributed by atoms with van der Waals surface area (Å²) in [4.78, 5) is 36.6. The van der Waals surface area contributed by atoms with Gasteiger partial charge in [0.2, 0.25) is 0 Å². The summed E-state index contributed by atoms with van der Waals surface area (Å²) in [6.45, 7) is 0.0323. The Morgan fingerprint density at radius 1 is 1.29 bits per heavy atom. The van der Waals surface area contributed by atoms with Crippen LogP contribution in [0.1, 0.15) is 16.1 Å². The van der Waals surface area contributed by atoms with Crippen LogP contribution in [0.25, 0.3) is 0 Å². The molecule has 0 saturated heterocycles. The number of aromatic carboxylic acids is 1. The Labute approximate surface area is 93.5 Å². The lowest BCUT2D eigenvalue weighted by Crippen LogP contribution is -2.27. The number of carbonyl (C=O) groups is 1. The number of carboxylic acids is 1. The monoisotopic (exact) mass is 236 g/mol. The molecule has 0 aromatic carbocycles. The molecular weight excluding hydrogens is 228 g/mol. The summed E-state index contributed by atoms with van der Waals surface area (Å²) in [6.07, 6.45) is 1.31. The van der Waals surface area contributed by atoms with E-state index in [1.165, 1.54) is 18.3 Å². The Hall–Kier alpha value is -2.64.